The zero-order valence-corrected chi connectivity index (χ0v) is 15.3. The van der Waals surface area contributed by atoms with Crippen molar-refractivity contribution >= 4 is 22.6 Å². The Bertz CT molecular complexity index is 1140. The second-order valence-electron chi connectivity index (χ2n) is 6.75. The van der Waals surface area contributed by atoms with Crippen LogP contribution in [-0.4, -0.2) is 4.57 Å². The fourth-order valence-corrected chi connectivity index (χ4v) is 3.36. The number of hydrogen-bond donors (Lipinski definition) is 0. The highest BCUT2D eigenvalue weighted by atomic mass is 15.0. The summed E-state index contributed by atoms with van der Waals surface area (Å²) in [5, 5.41) is 10.8. The molecule has 0 amide bonds. The molecule has 3 aromatic carbocycles. The van der Waals surface area contributed by atoms with Crippen LogP contribution in [0.15, 0.2) is 85.1 Å². The number of rotatable bonds is 4. The topological polar surface area (TPSA) is 28.7 Å². The lowest BCUT2D eigenvalue weighted by Crippen LogP contribution is -1.97. The number of nitriles is 1. The number of para-hydroxylation sites is 1. The minimum atomic E-state index is 0.675. The van der Waals surface area contributed by atoms with E-state index in [1.165, 1.54) is 16.6 Å². The molecule has 0 aliphatic carbocycles. The summed E-state index contributed by atoms with van der Waals surface area (Å²) in [5.41, 5.74) is 6.39. The molecule has 0 saturated carbocycles. The third-order valence-corrected chi connectivity index (χ3v) is 4.80. The molecule has 130 valence electrons. The van der Waals surface area contributed by atoms with E-state index in [0.717, 1.165) is 23.1 Å². The molecular weight excluding hydrogens is 328 g/mol. The zero-order chi connectivity index (χ0) is 18.6. The predicted octanol–water partition coefficient (Wildman–Crippen LogP) is 6.06. The first-order valence-corrected chi connectivity index (χ1v) is 9.05. The van der Waals surface area contributed by atoms with E-state index in [4.69, 9.17) is 0 Å². The first-order valence-electron chi connectivity index (χ1n) is 9.05. The van der Waals surface area contributed by atoms with E-state index in [1.54, 1.807) is 0 Å². The number of hydrogen-bond acceptors (Lipinski definition) is 1. The van der Waals surface area contributed by atoms with Crippen LogP contribution in [-0.2, 0) is 6.54 Å². The van der Waals surface area contributed by atoms with E-state index in [9.17, 15) is 5.26 Å². The molecule has 4 rings (SSSR count). The first-order chi connectivity index (χ1) is 13.2. The third kappa shape index (κ3) is 3.54. The Morgan fingerprint density at radius 1 is 0.926 bits per heavy atom. The zero-order valence-electron chi connectivity index (χ0n) is 15.3. The van der Waals surface area contributed by atoms with Crippen molar-refractivity contribution in [2.45, 2.75) is 13.5 Å². The largest absolute Gasteiger partial charge is 0.342 e. The number of fused-ring (bicyclic) bond motifs is 1. The van der Waals surface area contributed by atoms with Crippen molar-refractivity contribution in [3.8, 4) is 6.07 Å². The molecule has 1 heterocycles. The fourth-order valence-electron chi connectivity index (χ4n) is 3.36. The molecule has 0 bridgehead atoms. The monoisotopic (exact) mass is 348 g/mol. The maximum Gasteiger partial charge on any atom is 0.0998 e. The number of benzene rings is 3. The smallest absolute Gasteiger partial charge is 0.0998 e. The van der Waals surface area contributed by atoms with Gasteiger partial charge in [0.15, 0.2) is 0 Å². The molecule has 0 aliphatic heterocycles. The summed E-state index contributed by atoms with van der Waals surface area (Å²) >= 11 is 0. The van der Waals surface area contributed by atoms with E-state index < -0.39 is 0 Å². The number of nitrogens with zero attached hydrogens (tertiary/aromatic N) is 2. The van der Waals surface area contributed by atoms with Crippen molar-refractivity contribution in [2.75, 3.05) is 0 Å². The highest BCUT2D eigenvalue weighted by molar-refractivity contribution is 5.98. The highest BCUT2D eigenvalue weighted by Crippen LogP contribution is 2.26. The highest BCUT2D eigenvalue weighted by Gasteiger charge is 2.09. The molecule has 0 spiro atoms. The van der Waals surface area contributed by atoms with Gasteiger partial charge in [-0.2, -0.15) is 5.26 Å². The van der Waals surface area contributed by atoms with Crippen LogP contribution in [0.1, 0.15) is 22.3 Å². The van der Waals surface area contributed by atoms with Crippen molar-refractivity contribution in [1.29, 1.82) is 5.26 Å². The summed E-state index contributed by atoms with van der Waals surface area (Å²) in [7, 11) is 0. The van der Waals surface area contributed by atoms with Crippen LogP contribution in [0.25, 0.3) is 22.6 Å². The van der Waals surface area contributed by atoms with Gasteiger partial charge in [-0.25, -0.2) is 0 Å². The van der Waals surface area contributed by atoms with Gasteiger partial charge in [-0.3, -0.25) is 0 Å². The number of aryl methyl sites for hydroxylation is 1. The first kappa shape index (κ1) is 16.9. The van der Waals surface area contributed by atoms with Crippen LogP contribution in [0, 0.1) is 18.3 Å². The van der Waals surface area contributed by atoms with Crippen LogP contribution in [0.5, 0.6) is 0 Å². The second-order valence-corrected chi connectivity index (χ2v) is 6.75. The summed E-state index contributed by atoms with van der Waals surface area (Å²) in [6, 6.07) is 29.2. The molecule has 0 saturated heterocycles. The van der Waals surface area contributed by atoms with Crippen molar-refractivity contribution in [2.24, 2.45) is 0 Å². The number of aromatic nitrogens is 1. The molecule has 27 heavy (non-hydrogen) atoms. The van der Waals surface area contributed by atoms with Crippen LogP contribution in [0.2, 0.25) is 0 Å². The van der Waals surface area contributed by atoms with Crippen molar-refractivity contribution < 1.29 is 0 Å². The molecule has 0 radical (unpaired) electrons. The third-order valence-electron chi connectivity index (χ3n) is 4.80. The Morgan fingerprint density at radius 2 is 1.63 bits per heavy atom. The Morgan fingerprint density at radius 3 is 2.37 bits per heavy atom. The van der Waals surface area contributed by atoms with Crippen LogP contribution in [0.4, 0.5) is 0 Å². The van der Waals surface area contributed by atoms with Gasteiger partial charge in [0.05, 0.1) is 11.6 Å². The van der Waals surface area contributed by atoms with Crippen molar-refractivity contribution in [3.63, 3.8) is 0 Å². The van der Waals surface area contributed by atoms with E-state index >= 15 is 0 Å². The maximum atomic E-state index is 9.66. The fraction of sp³-hybridized carbons (Fsp3) is 0.0800. The summed E-state index contributed by atoms with van der Waals surface area (Å²) < 4.78 is 2.26. The normalized spacial score (nSPS) is 11.5. The molecule has 0 unspecified atom stereocenters. The van der Waals surface area contributed by atoms with Gasteiger partial charge in [0.2, 0.25) is 0 Å². The molecule has 1 aromatic heterocycles. The van der Waals surface area contributed by atoms with Gasteiger partial charge in [0, 0.05) is 29.2 Å². The van der Waals surface area contributed by atoms with E-state index in [0.29, 0.717) is 5.57 Å². The minimum absolute atomic E-state index is 0.675. The maximum absolute atomic E-state index is 9.66. The SMILES string of the molecule is Cc1ccc(Cn2cc(/C=C(/C#N)c3ccccc3)c3ccccc32)cc1. The van der Waals surface area contributed by atoms with Crippen LogP contribution >= 0.6 is 0 Å². The van der Waals surface area contributed by atoms with Crippen molar-refractivity contribution in [3.05, 3.63) is 107 Å². The second kappa shape index (κ2) is 7.35. The summed E-state index contributed by atoms with van der Waals surface area (Å²) in [5.74, 6) is 0. The Balaban J connectivity index is 1.79. The molecule has 0 aliphatic rings. The average Bonchev–Trinajstić information content (AvgIpc) is 3.06. The standard InChI is InChI=1S/C25H20N2/c1-19-11-13-20(14-12-19)17-27-18-23(24-9-5-6-10-25(24)27)15-22(16-26)21-7-3-2-4-8-21/h2-15,18H,17H2,1H3/b22-15-. The Labute approximate surface area is 159 Å². The van der Waals surface area contributed by atoms with E-state index in [1.807, 2.05) is 42.5 Å². The molecule has 4 aromatic rings. The molecule has 2 heteroatoms. The quantitative estimate of drug-likeness (QED) is 0.412. The molecule has 0 N–H and O–H groups in total. The lowest BCUT2D eigenvalue weighted by atomic mass is 10.0. The summed E-state index contributed by atoms with van der Waals surface area (Å²) in [6.07, 6.45) is 4.13. The Hall–Kier alpha value is -3.57. The van der Waals surface area contributed by atoms with Crippen molar-refractivity contribution in [1.82, 2.24) is 4.57 Å². The van der Waals surface area contributed by atoms with E-state index in [-0.39, 0.29) is 0 Å². The lowest BCUT2D eigenvalue weighted by molar-refractivity contribution is 0.836. The average molecular weight is 348 g/mol. The van der Waals surface area contributed by atoms with Gasteiger partial charge in [-0.15, -0.1) is 0 Å². The van der Waals surface area contributed by atoms with Gasteiger partial charge < -0.3 is 4.57 Å². The lowest BCUT2D eigenvalue weighted by Gasteiger charge is -2.06. The minimum Gasteiger partial charge on any atom is -0.342 e. The van der Waals surface area contributed by atoms with Crippen LogP contribution < -0.4 is 0 Å². The predicted molar refractivity (Wildman–Crippen MR) is 112 cm³/mol. The number of allylic oxidation sites excluding steroid dienone is 1. The molecule has 0 atom stereocenters. The van der Waals surface area contributed by atoms with Gasteiger partial charge in [-0.05, 0) is 30.2 Å². The summed E-state index contributed by atoms with van der Waals surface area (Å²) in [6.45, 7) is 2.91. The molecular formula is C25H20N2. The Kier molecular flexibility index (Phi) is 4.60. The molecule has 2 nitrogen and oxygen atoms in total. The molecule has 0 fully saturated rings. The van der Waals surface area contributed by atoms with E-state index in [2.05, 4.69) is 66.2 Å². The van der Waals surface area contributed by atoms with Gasteiger partial charge in [-0.1, -0.05) is 78.4 Å². The summed E-state index contributed by atoms with van der Waals surface area (Å²) in [4.78, 5) is 0. The van der Waals surface area contributed by atoms with Gasteiger partial charge >= 0.3 is 0 Å². The van der Waals surface area contributed by atoms with Crippen LogP contribution in [0.3, 0.4) is 0 Å². The van der Waals surface area contributed by atoms with Gasteiger partial charge in [0.1, 0.15) is 0 Å². The van der Waals surface area contributed by atoms with Gasteiger partial charge in [0.25, 0.3) is 0 Å².